The summed E-state index contributed by atoms with van der Waals surface area (Å²) >= 11 is 11.8. The van der Waals surface area contributed by atoms with Crippen LogP contribution in [-0.2, 0) is 16.1 Å². The predicted molar refractivity (Wildman–Crippen MR) is 104 cm³/mol. The number of benzene rings is 2. The van der Waals surface area contributed by atoms with Gasteiger partial charge in [-0.3, -0.25) is 4.79 Å². The normalized spacial score (nSPS) is 12.2. The molecular weight excluding hydrogens is 387 g/mol. The number of ether oxygens (including phenoxy) is 1. The number of nitrogens with zero attached hydrogens (tertiary/aromatic N) is 2. The Bertz CT molecular complexity index is 906. The highest BCUT2D eigenvalue weighted by Crippen LogP contribution is 2.28. The van der Waals surface area contributed by atoms with Crippen molar-refractivity contribution in [3.05, 3.63) is 70.0 Å². The van der Waals surface area contributed by atoms with Gasteiger partial charge in [-0.1, -0.05) is 49.2 Å². The Hall–Kier alpha value is -2.37. The van der Waals surface area contributed by atoms with Crippen molar-refractivity contribution >= 4 is 29.2 Å². The summed E-state index contributed by atoms with van der Waals surface area (Å²) < 4.78 is 11.0. The van der Waals surface area contributed by atoms with E-state index < -0.39 is 5.92 Å². The molecule has 0 amide bonds. The van der Waals surface area contributed by atoms with E-state index in [1.165, 1.54) is 0 Å². The molecule has 0 unspecified atom stereocenters. The number of carbonyl (C=O) groups is 1. The minimum Gasteiger partial charge on any atom is -0.455 e. The van der Waals surface area contributed by atoms with Gasteiger partial charge < -0.3 is 9.15 Å². The first-order valence-corrected chi connectivity index (χ1v) is 9.20. The quantitative estimate of drug-likeness (QED) is 0.505. The Balaban J connectivity index is 1.67. The van der Waals surface area contributed by atoms with Crippen molar-refractivity contribution in [2.75, 3.05) is 0 Å². The minimum absolute atomic E-state index is 0.0611. The average Bonchev–Trinajstić information content (AvgIpc) is 3.11. The molecule has 0 saturated carbocycles. The molecule has 0 aliphatic rings. The highest BCUT2D eigenvalue weighted by Gasteiger charge is 2.26. The number of esters is 1. The molecular formula is C20H18Cl2N2O3. The van der Waals surface area contributed by atoms with Gasteiger partial charge in [0.1, 0.15) is 0 Å². The van der Waals surface area contributed by atoms with Crippen molar-refractivity contribution in [2.24, 2.45) is 5.92 Å². The molecule has 3 aromatic rings. The zero-order chi connectivity index (χ0) is 19.4. The van der Waals surface area contributed by atoms with Crippen molar-refractivity contribution in [3.63, 3.8) is 0 Å². The maximum Gasteiger partial charge on any atom is 0.314 e. The van der Waals surface area contributed by atoms with E-state index in [1.807, 2.05) is 26.0 Å². The van der Waals surface area contributed by atoms with E-state index in [4.69, 9.17) is 32.4 Å². The third-order valence-electron chi connectivity index (χ3n) is 4.05. The average molecular weight is 405 g/mol. The summed E-state index contributed by atoms with van der Waals surface area (Å²) in [6.45, 7) is 3.84. The van der Waals surface area contributed by atoms with E-state index in [-0.39, 0.29) is 24.4 Å². The molecule has 1 aromatic heterocycles. The van der Waals surface area contributed by atoms with Crippen LogP contribution in [0.2, 0.25) is 10.0 Å². The van der Waals surface area contributed by atoms with Crippen molar-refractivity contribution in [2.45, 2.75) is 26.4 Å². The topological polar surface area (TPSA) is 65.2 Å². The molecule has 0 N–H and O–H groups in total. The van der Waals surface area contributed by atoms with Crippen LogP contribution in [0.15, 0.2) is 52.9 Å². The number of rotatable bonds is 6. The molecule has 1 atom stereocenters. The number of halogens is 2. The zero-order valence-electron chi connectivity index (χ0n) is 14.9. The molecule has 0 bridgehead atoms. The smallest absolute Gasteiger partial charge is 0.314 e. The summed E-state index contributed by atoms with van der Waals surface area (Å²) in [4.78, 5) is 12.6. The number of aromatic nitrogens is 2. The van der Waals surface area contributed by atoms with Gasteiger partial charge in [0.25, 0.3) is 5.89 Å². The van der Waals surface area contributed by atoms with E-state index in [2.05, 4.69) is 10.2 Å². The zero-order valence-corrected chi connectivity index (χ0v) is 16.4. The highest BCUT2D eigenvalue weighted by molar-refractivity contribution is 6.30. The van der Waals surface area contributed by atoms with Gasteiger partial charge in [0.15, 0.2) is 6.61 Å². The van der Waals surface area contributed by atoms with Crippen LogP contribution < -0.4 is 0 Å². The van der Waals surface area contributed by atoms with Gasteiger partial charge in [-0.25, -0.2) is 0 Å². The molecule has 3 rings (SSSR count). The van der Waals surface area contributed by atoms with Crippen LogP contribution in [0.5, 0.6) is 0 Å². The van der Waals surface area contributed by atoms with E-state index in [0.29, 0.717) is 15.9 Å². The monoisotopic (exact) mass is 404 g/mol. The van der Waals surface area contributed by atoms with Gasteiger partial charge in [0.05, 0.1) is 5.92 Å². The van der Waals surface area contributed by atoms with Crippen molar-refractivity contribution in [3.8, 4) is 11.5 Å². The summed E-state index contributed by atoms with van der Waals surface area (Å²) in [5, 5.41) is 9.15. The second-order valence-corrected chi connectivity index (χ2v) is 7.26. The van der Waals surface area contributed by atoms with Gasteiger partial charge in [-0.2, -0.15) is 0 Å². The number of carbonyl (C=O) groups excluding carboxylic acids is 1. The Morgan fingerprint density at radius 2 is 1.59 bits per heavy atom. The first kappa shape index (κ1) is 19.4. The molecule has 7 heteroatoms. The SMILES string of the molecule is CC(C)[C@@H](C(=O)OCc1nnc(-c2ccc(Cl)cc2)o1)c1ccc(Cl)cc1. The van der Waals surface area contributed by atoms with Gasteiger partial charge in [-0.15, -0.1) is 10.2 Å². The third kappa shape index (κ3) is 4.87. The van der Waals surface area contributed by atoms with Crippen LogP contribution in [0.3, 0.4) is 0 Å². The fraction of sp³-hybridized carbons (Fsp3) is 0.250. The molecule has 2 aromatic carbocycles. The van der Waals surface area contributed by atoms with Crippen LogP contribution in [0, 0.1) is 5.92 Å². The van der Waals surface area contributed by atoms with Crippen molar-refractivity contribution in [1.82, 2.24) is 10.2 Å². The van der Waals surface area contributed by atoms with Crippen molar-refractivity contribution < 1.29 is 13.9 Å². The molecule has 0 spiro atoms. The van der Waals surface area contributed by atoms with E-state index in [9.17, 15) is 4.79 Å². The Morgan fingerprint density at radius 1 is 1.00 bits per heavy atom. The second-order valence-electron chi connectivity index (χ2n) is 6.39. The standard InChI is InChI=1S/C20H18Cl2N2O3/c1-12(2)18(13-3-7-15(21)8-4-13)20(25)26-11-17-23-24-19(27-17)14-5-9-16(22)10-6-14/h3-10,12,18H,11H2,1-2H3/t18-/m1/s1. The van der Waals surface area contributed by atoms with Crippen molar-refractivity contribution in [1.29, 1.82) is 0 Å². The van der Waals surface area contributed by atoms with Crippen LogP contribution in [-0.4, -0.2) is 16.2 Å². The van der Waals surface area contributed by atoms with Gasteiger partial charge >= 0.3 is 5.97 Å². The lowest BCUT2D eigenvalue weighted by Crippen LogP contribution is -2.20. The molecule has 140 valence electrons. The summed E-state index contributed by atoms with van der Waals surface area (Å²) in [5.41, 5.74) is 1.59. The summed E-state index contributed by atoms with van der Waals surface area (Å²) in [7, 11) is 0. The Morgan fingerprint density at radius 3 is 2.19 bits per heavy atom. The fourth-order valence-corrected chi connectivity index (χ4v) is 2.96. The minimum atomic E-state index is -0.402. The molecule has 0 fully saturated rings. The fourth-order valence-electron chi connectivity index (χ4n) is 2.71. The van der Waals surface area contributed by atoms with Gasteiger partial charge in [0, 0.05) is 15.6 Å². The molecule has 27 heavy (non-hydrogen) atoms. The van der Waals surface area contributed by atoms with Crippen LogP contribution in [0.4, 0.5) is 0 Å². The lowest BCUT2D eigenvalue weighted by atomic mass is 9.88. The third-order valence-corrected chi connectivity index (χ3v) is 4.55. The lowest BCUT2D eigenvalue weighted by molar-refractivity contribution is -0.148. The van der Waals surface area contributed by atoms with E-state index in [0.717, 1.165) is 11.1 Å². The summed E-state index contributed by atoms with van der Waals surface area (Å²) in [6.07, 6.45) is 0. The molecule has 0 aliphatic carbocycles. The largest absolute Gasteiger partial charge is 0.455 e. The van der Waals surface area contributed by atoms with Gasteiger partial charge in [0.2, 0.25) is 5.89 Å². The lowest BCUT2D eigenvalue weighted by Gasteiger charge is -2.19. The maximum atomic E-state index is 12.6. The number of hydrogen-bond donors (Lipinski definition) is 0. The molecule has 1 heterocycles. The van der Waals surface area contributed by atoms with Gasteiger partial charge in [-0.05, 0) is 47.9 Å². The molecule has 0 saturated heterocycles. The Kier molecular flexibility index (Phi) is 6.14. The Labute approximate surface area is 167 Å². The molecule has 5 nitrogen and oxygen atoms in total. The van der Waals surface area contributed by atoms with E-state index in [1.54, 1.807) is 36.4 Å². The second kappa shape index (κ2) is 8.55. The van der Waals surface area contributed by atoms with Crippen LogP contribution >= 0.6 is 23.2 Å². The summed E-state index contributed by atoms with van der Waals surface area (Å²) in [6, 6.07) is 14.2. The predicted octanol–water partition coefficient (Wildman–Crippen LogP) is 5.53. The molecule has 0 aliphatic heterocycles. The number of hydrogen-bond acceptors (Lipinski definition) is 5. The first-order valence-electron chi connectivity index (χ1n) is 8.44. The van der Waals surface area contributed by atoms with Crippen LogP contribution in [0.1, 0.15) is 31.2 Å². The highest BCUT2D eigenvalue weighted by atomic mass is 35.5. The van der Waals surface area contributed by atoms with E-state index >= 15 is 0 Å². The summed E-state index contributed by atoms with van der Waals surface area (Å²) in [5.74, 6) is -0.117. The van der Waals surface area contributed by atoms with Crippen LogP contribution in [0.25, 0.3) is 11.5 Å². The molecule has 0 radical (unpaired) electrons. The maximum absolute atomic E-state index is 12.6. The first-order chi connectivity index (χ1) is 12.9.